The van der Waals surface area contributed by atoms with Gasteiger partial charge in [-0.2, -0.15) is 13.2 Å². The Morgan fingerprint density at radius 3 is 2.52 bits per heavy atom. The Balaban J connectivity index is 2.19. The number of halogens is 3. The fraction of sp³-hybridized carbons (Fsp3) is 0.364. The zero-order chi connectivity index (χ0) is 15.9. The molecule has 0 radical (unpaired) electrons. The van der Waals surface area contributed by atoms with Crippen molar-refractivity contribution >= 4 is 17.8 Å². The van der Waals surface area contributed by atoms with Crippen LogP contribution in [-0.4, -0.2) is 43.7 Å². The molecule has 7 nitrogen and oxygen atoms in total. The van der Waals surface area contributed by atoms with Gasteiger partial charge in [-0.05, 0) is 12.1 Å². The highest BCUT2D eigenvalue weighted by atomic mass is 19.4. The molecule has 10 heteroatoms. The summed E-state index contributed by atoms with van der Waals surface area (Å²) < 4.78 is 44.5. The maximum Gasteiger partial charge on any atom is 0.405 e. The summed E-state index contributed by atoms with van der Waals surface area (Å²) >= 11 is 0. The predicted molar refractivity (Wildman–Crippen MR) is 61.1 cm³/mol. The summed E-state index contributed by atoms with van der Waals surface area (Å²) in [5.41, 5.74) is 0. The molecule has 0 saturated heterocycles. The first-order valence-electron chi connectivity index (χ1n) is 5.59. The van der Waals surface area contributed by atoms with Gasteiger partial charge in [0.25, 0.3) is 11.8 Å². The van der Waals surface area contributed by atoms with E-state index in [-0.39, 0.29) is 5.76 Å². The van der Waals surface area contributed by atoms with Crippen molar-refractivity contribution in [2.24, 2.45) is 0 Å². The molecule has 0 fully saturated rings. The number of rotatable bonds is 6. The number of ether oxygens (including phenoxy) is 1. The van der Waals surface area contributed by atoms with Crippen molar-refractivity contribution in [1.82, 2.24) is 10.6 Å². The van der Waals surface area contributed by atoms with Gasteiger partial charge in [-0.1, -0.05) is 0 Å². The van der Waals surface area contributed by atoms with Crippen LogP contribution in [0.3, 0.4) is 0 Å². The van der Waals surface area contributed by atoms with Crippen LogP contribution >= 0.6 is 0 Å². The molecular formula is C11H11F3N2O5. The fourth-order valence-corrected chi connectivity index (χ4v) is 1.09. The van der Waals surface area contributed by atoms with Gasteiger partial charge >= 0.3 is 12.1 Å². The lowest BCUT2D eigenvalue weighted by molar-refractivity contribution is -0.150. The molecule has 116 valence electrons. The molecule has 0 saturated carbocycles. The normalized spacial score (nSPS) is 10.8. The molecule has 2 N–H and O–H groups in total. The highest BCUT2D eigenvalue weighted by Gasteiger charge is 2.27. The van der Waals surface area contributed by atoms with Crippen LogP contribution in [-0.2, 0) is 14.3 Å². The van der Waals surface area contributed by atoms with Crippen molar-refractivity contribution < 1.29 is 36.7 Å². The standard InChI is InChI=1S/C11H11F3N2O5/c12-11(13,14)6-16-8(17)5-21-9(18)4-15-10(19)7-2-1-3-20-7/h1-3H,4-6H2,(H,15,19)(H,16,17). The highest BCUT2D eigenvalue weighted by molar-refractivity contribution is 5.93. The Labute approximate surface area is 116 Å². The van der Waals surface area contributed by atoms with E-state index in [1.54, 1.807) is 0 Å². The molecule has 1 rings (SSSR count). The van der Waals surface area contributed by atoms with Crippen LogP contribution in [0.2, 0.25) is 0 Å². The van der Waals surface area contributed by atoms with Crippen LogP contribution in [0.25, 0.3) is 0 Å². The average molecular weight is 308 g/mol. The Morgan fingerprint density at radius 1 is 1.24 bits per heavy atom. The van der Waals surface area contributed by atoms with Gasteiger partial charge in [0.2, 0.25) is 0 Å². The third kappa shape index (κ3) is 6.99. The van der Waals surface area contributed by atoms with Crippen molar-refractivity contribution in [3.05, 3.63) is 24.2 Å². The van der Waals surface area contributed by atoms with Gasteiger partial charge in [0.05, 0.1) is 6.26 Å². The number of amides is 2. The molecule has 0 spiro atoms. The Bertz CT molecular complexity index is 498. The van der Waals surface area contributed by atoms with Gasteiger partial charge < -0.3 is 19.8 Å². The van der Waals surface area contributed by atoms with E-state index in [2.05, 4.69) is 10.1 Å². The number of hydrogen-bond donors (Lipinski definition) is 2. The number of alkyl halides is 3. The summed E-state index contributed by atoms with van der Waals surface area (Å²) in [5.74, 6) is -2.76. The summed E-state index contributed by atoms with van der Waals surface area (Å²) in [6.07, 6.45) is -3.28. The maximum absolute atomic E-state index is 11.8. The van der Waals surface area contributed by atoms with E-state index in [1.807, 2.05) is 0 Å². The number of nitrogens with one attached hydrogen (secondary N) is 2. The molecule has 0 unspecified atom stereocenters. The lowest BCUT2D eigenvalue weighted by Gasteiger charge is -2.09. The maximum atomic E-state index is 11.8. The second-order valence-corrected chi connectivity index (χ2v) is 3.71. The predicted octanol–water partition coefficient (Wildman–Crippen LogP) is 0.231. The minimum Gasteiger partial charge on any atom is -0.459 e. The zero-order valence-corrected chi connectivity index (χ0v) is 10.5. The van der Waals surface area contributed by atoms with Crippen molar-refractivity contribution in [1.29, 1.82) is 0 Å². The number of hydrogen-bond acceptors (Lipinski definition) is 5. The fourth-order valence-electron chi connectivity index (χ4n) is 1.09. The van der Waals surface area contributed by atoms with E-state index in [4.69, 9.17) is 4.42 Å². The average Bonchev–Trinajstić information content (AvgIpc) is 2.93. The van der Waals surface area contributed by atoms with E-state index in [0.717, 1.165) is 0 Å². The van der Waals surface area contributed by atoms with Gasteiger partial charge in [0.1, 0.15) is 13.1 Å². The molecule has 0 atom stereocenters. The zero-order valence-electron chi connectivity index (χ0n) is 10.5. The lowest BCUT2D eigenvalue weighted by Crippen LogP contribution is -2.37. The third-order valence-electron chi connectivity index (χ3n) is 1.99. The number of carbonyl (C=O) groups is 3. The van der Waals surface area contributed by atoms with Gasteiger partial charge in [-0.15, -0.1) is 0 Å². The Kier molecular flexibility index (Phi) is 5.76. The molecule has 0 aromatic carbocycles. The first-order chi connectivity index (χ1) is 9.78. The molecule has 0 aliphatic rings. The smallest absolute Gasteiger partial charge is 0.405 e. The van der Waals surface area contributed by atoms with Crippen molar-refractivity contribution in [2.45, 2.75) is 6.18 Å². The van der Waals surface area contributed by atoms with Crippen LogP contribution in [0.1, 0.15) is 10.6 Å². The minimum atomic E-state index is -4.54. The molecule has 2 amide bonds. The van der Waals surface area contributed by atoms with E-state index in [1.165, 1.54) is 23.7 Å². The number of esters is 1. The largest absolute Gasteiger partial charge is 0.459 e. The first-order valence-corrected chi connectivity index (χ1v) is 5.59. The molecule has 0 aliphatic heterocycles. The lowest BCUT2D eigenvalue weighted by atomic mass is 10.4. The summed E-state index contributed by atoms with van der Waals surface area (Å²) in [5, 5.41) is 3.67. The van der Waals surface area contributed by atoms with E-state index in [9.17, 15) is 27.6 Å². The van der Waals surface area contributed by atoms with E-state index < -0.39 is 43.7 Å². The number of carbonyl (C=O) groups excluding carboxylic acids is 3. The van der Waals surface area contributed by atoms with Crippen LogP contribution in [0.5, 0.6) is 0 Å². The SMILES string of the molecule is O=C(COC(=O)CNC(=O)c1ccco1)NCC(F)(F)F. The first kappa shape index (κ1) is 16.5. The van der Waals surface area contributed by atoms with Gasteiger partial charge in [0, 0.05) is 0 Å². The molecule has 1 heterocycles. The second kappa shape index (κ2) is 7.31. The second-order valence-electron chi connectivity index (χ2n) is 3.71. The van der Waals surface area contributed by atoms with Crippen LogP contribution in [0, 0.1) is 0 Å². The summed E-state index contributed by atoms with van der Waals surface area (Å²) in [6, 6.07) is 2.84. The molecule has 1 aromatic heterocycles. The van der Waals surface area contributed by atoms with Gasteiger partial charge in [-0.3, -0.25) is 14.4 Å². The number of furan rings is 1. The highest BCUT2D eigenvalue weighted by Crippen LogP contribution is 2.11. The van der Waals surface area contributed by atoms with Crippen LogP contribution in [0.15, 0.2) is 22.8 Å². The molecule has 0 bridgehead atoms. The molecular weight excluding hydrogens is 297 g/mol. The van der Waals surface area contributed by atoms with Gasteiger partial charge in [-0.25, -0.2) is 0 Å². The van der Waals surface area contributed by atoms with E-state index >= 15 is 0 Å². The quantitative estimate of drug-likeness (QED) is 0.733. The summed E-state index contributed by atoms with van der Waals surface area (Å²) in [4.78, 5) is 33.4. The van der Waals surface area contributed by atoms with Gasteiger partial charge in [0.15, 0.2) is 12.4 Å². The van der Waals surface area contributed by atoms with Crippen LogP contribution in [0.4, 0.5) is 13.2 Å². The topological polar surface area (TPSA) is 97.6 Å². The molecule has 1 aromatic rings. The van der Waals surface area contributed by atoms with E-state index in [0.29, 0.717) is 0 Å². The van der Waals surface area contributed by atoms with Crippen molar-refractivity contribution in [3.8, 4) is 0 Å². The Hall–Kier alpha value is -2.52. The summed E-state index contributed by atoms with van der Waals surface area (Å²) in [6.45, 7) is -2.93. The third-order valence-corrected chi connectivity index (χ3v) is 1.99. The molecule has 21 heavy (non-hydrogen) atoms. The van der Waals surface area contributed by atoms with Crippen LogP contribution < -0.4 is 10.6 Å². The summed E-state index contributed by atoms with van der Waals surface area (Å²) in [7, 11) is 0. The minimum absolute atomic E-state index is 0.0225. The van der Waals surface area contributed by atoms with Crippen molar-refractivity contribution in [3.63, 3.8) is 0 Å². The molecule has 0 aliphatic carbocycles. The monoisotopic (exact) mass is 308 g/mol. The van der Waals surface area contributed by atoms with Crippen molar-refractivity contribution in [2.75, 3.05) is 19.7 Å². The Morgan fingerprint density at radius 2 is 1.95 bits per heavy atom.